The van der Waals surface area contributed by atoms with Crippen LogP contribution in [0.3, 0.4) is 0 Å². The topological polar surface area (TPSA) is 120 Å². The van der Waals surface area contributed by atoms with Gasteiger partial charge in [0.2, 0.25) is 0 Å². The molecule has 0 atom stereocenters. The van der Waals surface area contributed by atoms with Gasteiger partial charge in [-0.3, -0.25) is 10.1 Å². The molecule has 3 aromatic heterocycles. The Morgan fingerprint density at radius 3 is 2.63 bits per heavy atom. The molecule has 0 aliphatic heterocycles. The van der Waals surface area contributed by atoms with Crippen LogP contribution in [0.25, 0.3) is 28.3 Å². The lowest BCUT2D eigenvalue weighted by Gasteiger charge is -2.08. The molecule has 4 aromatic rings. The van der Waals surface area contributed by atoms with E-state index < -0.39 is 5.69 Å². The van der Waals surface area contributed by atoms with Crippen LogP contribution in [0.5, 0.6) is 0 Å². The molecule has 0 aliphatic rings. The number of nitrogens with zero attached hydrogens (tertiary/aromatic N) is 6. The van der Waals surface area contributed by atoms with Crippen molar-refractivity contribution in [1.29, 1.82) is 0 Å². The largest absolute Gasteiger partial charge is 0.350 e. The Labute approximate surface area is 170 Å². The Hall–Kier alpha value is -3.92. The summed E-state index contributed by atoms with van der Waals surface area (Å²) in [5.74, 6) is 0.623. The van der Waals surface area contributed by atoms with Gasteiger partial charge in [-0.1, -0.05) is 24.3 Å². The molecule has 0 fully saturated rings. The lowest BCUT2D eigenvalue weighted by molar-refractivity contribution is 0.612. The van der Waals surface area contributed by atoms with E-state index in [1.54, 1.807) is 6.20 Å². The zero-order chi connectivity index (χ0) is 21.1. The zero-order valence-corrected chi connectivity index (χ0v) is 16.2. The number of aromatic nitrogens is 7. The third-order valence-corrected chi connectivity index (χ3v) is 4.70. The molecular weight excluding hydrogens is 387 g/mol. The first-order chi connectivity index (χ1) is 14.6. The number of H-pyrrole nitrogens is 1. The van der Waals surface area contributed by atoms with E-state index in [0.717, 1.165) is 27.1 Å². The monoisotopic (exact) mass is 406 g/mol. The minimum atomic E-state index is -0.392. The van der Waals surface area contributed by atoms with Crippen LogP contribution in [0.1, 0.15) is 5.56 Å². The molecule has 0 bridgehead atoms. The van der Waals surface area contributed by atoms with E-state index in [1.807, 2.05) is 37.3 Å². The highest BCUT2D eigenvalue weighted by atomic mass is 19.1. The Morgan fingerprint density at radius 1 is 1.23 bits per heavy atom. The quantitative estimate of drug-likeness (QED) is 0.505. The van der Waals surface area contributed by atoms with Gasteiger partial charge in [-0.2, -0.15) is 10.2 Å². The maximum Gasteiger partial charge on any atom is 0.350 e. The van der Waals surface area contributed by atoms with Gasteiger partial charge in [0.05, 0.1) is 30.5 Å². The van der Waals surface area contributed by atoms with Crippen molar-refractivity contribution in [2.24, 2.45) is 5.73 Å². The molecule has 0 unspecified atom stereocenters. The summed E-state index contributed by atoms with van der Waals surface area (Å²) in [4.78, 5) is 21.3. The molecule has 1 aromatic carbocycles. The van der Waals surface area contributed by atoms with Crippen molar-refractivity contribution in [3.63, 3.8) is 0 Å². The number of aromatic amines is 1. The lowest BCUT2D eigenvalue weighted by atomic mass is 10.1. The van der Waals surface area contributed by atoms with Crippen molar-refractivity contribution in [2.45, 2.75) is 13.5 Å². The number of benzene rings is 1. The molecule has 9 nitrogen and oxygen atoms in total. The maximum absolute atomic E-state index is 12.8. The van der Waals surface area contributed by atoms with Gasteiger partial charge in [-0.05, 0) is 24.1 Å². The second kappa shape index (κ2) is 8.21. The molecule has 152 valence electrons. The average Bonchev–Trinajstić information content (AvgIpc) is 3.43. The molecule has 3 heterocycles. The summed E-state index contributed by atoms with van der Waals surface area (Å²) >= 11 is 0. The van der Waals surface area contributed by atoms with Gasteiger partial charge in [-0.25, -0.2) is 23.4 Å². The number of halogens is 1. The summed E-state index contributed by atoms with van der Waals surface area (Å²) in [5.41, 5.74) is 9.38. The van der Waals surface area contributed by atoms with Gasteiger partial charge >= 0.3 is 5.69 Å². The van der Waals surface area contributed by atoms with Crippen LogP contribution >= 0.6 is 0 Å². The number of nitrogens with two attached hydrogens (primary N) is 1. The maximum atomic E-state index is 12.8. The highest BCUT2D eigenvalue weighted by Crippen LogP contribution is 2.23. The van der Waals surface area contributed by atoms with E-state index >= 15 is 0 Å². The summed E-state index contributed by atoms with van der Waals surface area (Å²) < 4.78 is 15.3. The first-order valence-corrected chi connectivity index (χ1v) is 9.17. The number of aryl methyl sites for hydroxylation is 1. The van der Waals surface area contributed by atoms with E-state index in [9.17, 15) is 9.18 Å². The number of nitrogens with one attached hydrogen (secondary N) is 1. The number of pyridine rings is 1. The lowest BCUT2D eigenvalue weighted by Crippen LogP contribution is -2.26. The standard InChI is InChI=1S/C20H19FN8O/c1-13-6-17(15-2-4-16(5-3-15)19-24-11-25-27-19)23-9-18(13)28-12-26-29(20(28)30)10-14(7-21)8-22/h2-7,9,11-12H,8,10,22H2,1H3,(H,24,25,27)/b14-7+. The normalized spacial score (nSPS) is 11.8. The van der Waals surface area contributed by atoms with E-state index in [4.69, 9.17) is 5.73 Å². The van der Waals surface area contributed by atoms with Crippen LogP contribution in [-0.4, -0.2) is 41.1 Å². The summed E-state index contributed by atoms with van der Waals surface area (Å²) in [7, 11) is 0. The van der Waals surface area contributed by atoms with Crippen molar-refractivity contribution in [3.8, 4) is 28.3 Å². The fourth-order valence-corrected chi connectivity index (χ4v) is 3.04. The second-order valence-corrected chi connectivity index (χ2v) is 6.67. The van der Waals surface area contributed by atoms with Crippen LogP contribution in [-0.2, 0) is 6.54 Å². The van der Waals surface area contributed by atoms with Gasteiger partial charge in [-0.15, -0.1) is 0 Å². The van der Waals surface area contributed by atoms with Gasteiger partial charge < -0.3 is 5.73 Å². The second-order valence-electron chi connectivity index (χ2n) is 6.67. The third-order valence-electron chi connectivity index (χ3n) is 4.70. The van der Waals surface area contributed by atoms with Crippen LogP contribution in [0.2, 0.25) is 0 Å². The predicted molar refractivity (Wildman–Crippen MR) is 109 cm³/mol. The molecule has 30 heavy (non-hydrogen) atoms. The Morgan fingerprint density at radius 2 is 2.00 bits per heavy atom. The van der Waals surface area contributed by atoms with Crippen LogP contribution < -0.4 is 11.4 Å². The fraction of sp³-hybridized carbons (Fsp3) is 0.150. The average molecular weight is 406 g/mol. The van der Waals surface area contributed by atoms with Gasteiger partial charge in [0.15, 0.2) is 5.82 Å². The highest BCUT2D eigenvalue weighted by molar-refractivity contribution is 5.66. The van der Waals surface area contributed by atoms with E-state index in [1.165, 1.54) is 17.2 Å². The molecule has 4 rings (SSSR count). The fourth-order valence-electron chi connectivity index (χ4n) is 3.04. The van der Waals surface area contributed by atoms with Crippen molar-refractivity contribution >= 4 is 0 Å². The first kappa shape index (κ1) is 19.4. The summed E-state index contributed by atoms with van der Waals surface area (Å²) in [6, 6.07) is 9.62. The molecule has 0 saturated heterocycles. The molecule has 0 spiro atoms. The van der Waals surface area contributed by atoms with Crippen molar-refractivity contribution < 1.29 is 4.39 Å². The minimum absolute atomic E-state index is 0.000594. The van der Waals surface area contributed by atoms with Gasteiger partial charge in [0, 0.05) is 17.7 Å². The molecule has 0 saturated carbocycles. The van der Waals surface area contributed by atoms with E-state index in [-0.39, 0.29) is 18.7 Å². The van der Waals surface area contributed by atoms with E-state index in [0.29, 0.717) is 17.8 Å². The Kier molecular flexibility index (Phi) is 5.31. The highest BCUT2D eigenvalue weighted by Gasteiger charge is 2.12. The predicted octanol–water partition coefficient (Wildman–Crippen LogP) is 2.00. The number of hydrogen-bond acceptors (Lipinski definition) is 6. The molecule has 0 radical (unpaired) electrons. The number of rotatable bonds is 6. The van der Waals surface area contributed by atoms with Gasteiger partial charge in [0.1, 0.15) is 12.7 Å². The van der Waals surface area contributed by atoms with E-state index in [2.05, 4.69) is 25.3 Å². The van der Waals surface area contributed by atoms with Crippen molar-refractivity contribution in [2.75, 3.05) is 6.54 Å². The summed E-state index contributed by atoms with van der Waals surface area (Å²) in [6.07, 6.45) is 4.95. The Bertz CT molecular complexity index is 1240. The third kappa shape index (κ3) is 3.67. The SMILES string of the molecule is Cc1cc(-c2ccc(-c3nc[nH]n3)cc2)ncc1-n1cnn(C/C(=C/F)CN)c1=O. The zero-order valence-electron chi connectivity index (χ0n) is 16.2. The Balaban J connectivity index is 1.61. The van der Waals surface area contributed by atoms with Crippen molar-refractivity contribution in [3.05, 3.63) is 77.1 Å². The minimum Gasteiger partial charge on any atom is -0.327 e. The molecule has 0 aliphatic carbocycles. The molecule has 3 N–H and O–H groups in total. The molecular formula is C20H19FN8O. The van der Waals surface area contributed by atoms with Crippen molar-refractivity contribution in [1.82, 2.24) is 34.5 Å². The van der Waals surface area contributed by atoms with Crippen LogP contribution in [0.4, 0.5) is 4.39 Å². The smallest absolute Gasteiger partial charge is 0.327 e. The van der Waals surface area contributed by atoms with Gasteiger partial charge in [0.25, 0.3) is 0 Å². The summed E-state index contributed by atoms with van der Waals surface area (Å²) in [6.45, 7) is 1.90. The number of hydrogen-bond donors (Lipinski definition) is 2. The van der Waals surface area contributed by atoms with Crippen LogP contribution in [0.15, 0.2) is 65.9 Å². The molecule has 0 amide bonds. The first-order valence-electron chi connectivity index (χ1n) is 9.17. The van der Waals surface area contributed by atoms with Crippen LogP contribution in [0, 0.1) is 6.92 Å². The molecule has 10 heteroatoms. The summed E-state index contributed by atoms with van der Waals surface area (Å²) in [5, 5.41) is 10.8.